The largest absolute Gasteiger partial charge is 0.367 e. The van der Waals surface area contributed by atoms with Crippen molar-refractivity contribution in [2.75, 3.05) is 24.5 Å². The van der Waals surface area contributed by atoms with E-state index < -0.39 is 0 Å². The van der Waals surface area contributed by atoms with Gasteiger partial charge in [-0.2, -0.15) is 0 Å². The first-order chi connectivity index (χ1) is 8.36. The molecule has 1 aromatic carbocycles. The lowest BCUT2D eigenvalue weighted by Gasteiger charge is -2.30. The van der Waals surface area contributed by atoms with E-state index in [1.807, 2.05) is 0 Å². The van der Waals surface area contributed by atoms with Gasteiger partial charge in [0.15, 0.2) is 0 Å². The van der Waals surface area contributed by atoms with Crippen LogP contribution in [0.3, 0.4) is 0 Å². The number of rotatable bonds is 6. The fourth-order valence-corrected chi connectivity index (χ4v) is 2.66. The molecule has 0 saturated carbocycles. The van der Waals surface area contributed by atoms with Crippen molar-refractivity contribution in [3.05, 3.63) is 29.8 Å². The van der Waals surface area contributed by atoms with Gasteiger partial charge in [-0.15, -0.1) is 0 Å². The summed E-state index contributed by atoms with van der Waals surface area (Å²) in [5, 5.41) is 3.55. The van der Waals surface area contributed by atoms with E-state index in [4.69, 9.17) is 0 Å². The third-order valence-electron chi connectivity index (χ3n) is 3.64. The van der Waals surface area contributed by atoms with Gasteiger partial charge in [0.25, 0.3) is 0 Å². The van der Waals surface area contributed by atoms with Crippen molar-refractivity contribution < 1.29 is 0 Å². The maximum Gasteiger partial charge on any atom is 0.0412 e. The van der Waals surface area contributed by atoms with Crippen LogP contribution in [0.15, 0.2) is 24.3 Å². The highest BCUT2D eigenvalue weighted by Crippen LogP contribution is 2.29. The second-order valence-electron chi connectivity index (χ2n) is 4.84. The van der Waals surface area contributed by atoms with Crippen molar-refractivity contribution in [1.82, 2.24) is 5.32 Å². The van der Waals surface area contributed by atoms with Crippen LogP contribution in [0.2, 0.25) is 0 Å². The number of para-hydroxylation sites is 1. The summed E-state index contributed by atoms with van der Waals surface area (Å²) in [5.74, 6) is 0. The van der Waals surface area contributed by atoms with Crippen LogP contribution in [0.25, 0.3) is 0 Å². The fourth-order valence-electron chi connectivity index (χ4n) is 2.66. The molecule has 0 fully saturated rings. The van der Waals surface area contributed by atoms with Gasteiger partial charge in [0.05, 0.1) is 0 Å². The summed E-state index contributed by atoms with van der Waals surface area (Å²) in [7, 11) is 0. The van der Waals surface area contributed by atoms with E-state index in [1.165, 1.54) is 37.1 Å². The van der Waals surface area contributed by atoms with Crippen molar-refractivity contribution in [2.45, 2.75) is 39.2 Å². The Morgan fingerprint density at radius 3 is 2.88 bits per heavy atom. The van der Waals surface area contributed by atoms with Crippen molar-refractivity contribution in [1.29, 1.82) is 0 Å². The third kappa shape index (κ3) is 2.81. The standard InChI is InChI=1S/C15H24N2/c1-3-10-16-12-14(4-2)17-11-9-13-7-5-6-8-15(13)17/h5-8,14,16H,3-4,9-12H2,1-2H3. The summed E-state index contributed by atoms with van der Waals surface area (Å²) in [6.07, 6.45) is 3.64. The highest BCUT2D eigenvalue weighted by molar-refractivity contribution is 5.58. The number of nitrogens with one attached hydrogen (secondary N) is 1. The molecule has 2 heteroatoms. The number of hydrogen-bond acceptors (Lipinski definition) is 2. The molecule has 0 spiro atoms. The Morgan fingerprint density at radius 2 is 2.12 bits per heavy atom. The first-order valence-electron chi connectivity index (χ1n) is 6.92. The molecule has 2 nitrogen and oxygen atoms in total. The lowest BCUT2D eigenvalue weighted by atomic mass is 10.1. The Hall–Kier alpha value is -1.02. The van der Waals surface area contributed by atoms with Crippen LogP contribution in [0.5, 0.6) is 0 Å². The van der Waals surface area contributed by atoms with Gasteiger partial charge in [-0.3, -0.25) is 0 Å². The summed E-state index contributed by atoms with van der Waals surface area (Å²) < 4.78 is 0. The van der Waals surface area contributed by atoms with Crippen molar-refractivity contribution in [2.24, 2.45) is 0 Å². The normalized spacial score (nSPS) is 16.0. The highest BCUT2D eigenvalue weighted by atomic mass is 15.2. The van der Waals surface area contributed by atoms with Crippen LogP contribution in [-0.2, 0) is 6.42 Å². The summed E-state index contributed by atoms with van der Waals surface area (Å²) in [5.41, 5.74) is 2.97. The molecule has 1 aliphatic heterocycles. The van der Waals surface area contributed by atoms with Crippen molar-refractivity contribution in [3.63, 3.8) is 0 Å². The smallest absolute Gasteiger partial charge is 0.0412 e. The number of hydrogen-bond donors (Lipinski definition) is 1. The van der Waals surface area contributed by atoms with Crippen LogP contribution in [-0.4, -0.2) is 25.7 Å². The van der Waals surface area contributed by atoms with E-state index >= 15 is 0 Å². The quantitative estimate of drug-likeness (QED) is 0.759. The Kier molecular flexibility index (Phi) is 4.43. The summed E-state index contributed by atoms with van der Waals surface area (Å²) in [6, 6.07) is 9.49. The van der Waals surface area contributed by atoms with E-state index in [1.54, 1.807) is 0 Å². The minimum Gasteiger partial charge on any atom is -0.367 e. The SMILES string of the molecule is CCCNCC(CC)N1CCc2ccccc21. The molecule has 1 N–H and O–H groups in total. The Balaban J connectivity index is 2.01. The van der Waals surface area contributed by atoms with Crippen LogP contribution < -0.4 is 10.2 Å². The van der Waals surface area contributed by atoms with E-state index in [0.29, 0.717) is 6.04 Å². The molecule has 0 bridgehead atoms. The van der Waals surface area contributed by atoms with E-state index in [2.05, 4.69) is 48.3 Å². The molecule has 1 aromatic rings. The Bertz CT molecular complexity index is 349. The third-order valence-corrected chi connectivity index (χ3v) is 3.64. The minimum absolute atomic E-state index is 0.644. The number of nitrogens with zero attached hydrogens (tertiary/aromatic N) is 1. The van der Waals surface area contributed by atoms with Crippen LogP contribution in [0.1, 0.15) is 32.3 Å². The average Bonchev–Trinajstić information content (AvgIpc) is 2.79. The first-order valence-corrected chi connectivity index (χ1v) is 6.92. The second-order valence-corrected chi connectivity index (χ2v) is 4.84. The molecule has 0 aromatic heterocycles. The molecule has 0 amide bonds. The van der Waals surface area contributed by atoms with Gasteiger partial charge in [0, 0.05) is 24.8 Å². The highest BCUT2D eigenvalue weighted by Gasteiger charge is 2.23. The molecule has 0 saturated heterocycles. The Morgan fingerprint density at radius 1 is 1.29 bits per heavy atom. The summed E-state index contributed by atoms with van der Waals surface area (Å²) in [6.45, 7) is 7.94. The molecule has 94 valence electrons. The lowest BCUT2D eigenvalue weighted by molar-refractivity contribution is 0.527. The van der Waals surface area contributed by atoms with Gasteiger partial charge >= 0.3 is 0 Å². The average molecular weight is 232 g/mol. The zero-order valence-corrected chi connectivity index (χ0v) is 11.1. The van der Waals surface area contributed by atoms with Gasteiger partial charge < -0.3 is 10.2 Å². The first kappa shape index (κ1) is 12.4. The van der Waals surface area contributed by atoms with Gasteiger partial charge in [-0.05, 0) is 37.4 Å². The van der Waals surface area contributed by atoms with E-state index in [9.17, 15) is 0 Å². The maximum atomic E-state index is 3.55. The van der Waals surface area contributed by atoms with Gasteiger partial charge in [0.2, 0.25) is 0 Å². The van der Waals surface area contributed by atoms with Crippen molar-refractivity contribution in [3.8, 4) is 0 Å². The second kappa shape index (κ2) is 6.06. The molecular formula is C15H24N2. The topological polar surface area (TPSA) is 15.3 Å². The molecule has 2 rings (SSSR count). The zero-order chi connectivity index (χ0) is 12.1. The van der Waals surface area contributed by atoms with Crippen LogP contribution in [0.4, 0.5) is 5.69 Å². The van der Waals surface area contributed by atoms with Crippen molar-refractivity contribution >= 4 is 5.69 Å². The molecule has 0 radical (unpaired) electrons. The molecule has 1 unspecified atom stereocenters. The number of anilines is 1. The summed E-state index contributed by atoms with van der Waals surface area (Å²) >= 11 is 0. The number of benzene rings is 1. The van der Waals surface area contributed by atoms with Crippen LogP contribution >= 0.6 is 0 Å². The molecule has 17 heavy (non-hydrogen) atoms. The van der Waals surface area contributed by atoms with Gasteiger partial charge in [0.1, 0.15) is 0 Å². The van der Waals surface area contributed by atoms with Crippen LogP contribution in [0, 0.1) is 0 Å². The maximum absolute atomic E-state index is 3.55. The predicted octanol–water partition coefficient (Wildman–Crippen LogP) is 2.83. The molecule has 1 aliphatic rings. The van der Waals surface area contributed by atoms with E-state index in [0.717, 1.165) is 13.1 Å². The lowest BCUT2D eigenvalue weighted by Crippen LogP contribution is -2.41. The Labute approximate surface area is 105 Å². The fraction of sp³-hybridized carbons (Fsp3) is 0.600. The molecule has 0 aliphatic carbocycles. The minimum atomic E-state index is 0.644. The van der Waals surface area contributed by atoms with Gasteiger partial charge in [-0.25, -0.2) is 0 Å². The molecular weight excluding hydrogens is 208 g/mol. The number of fused-ring (bicyclic) bond motifs is 1. The summed E-state index contributed by atoms with van der Waals surface area (Å²) in [4.78, 5) is 2.58. The molecule has 1 heterocycles. The zero-order valence-electron chi connectivity index (χ0n) is 11.1. The molecule has 1 atom stereocenters. The monoisotopic (exact) mass is 232 g/mol. The van der Waals surface area contributed by atoms with Gasteiger partial charge in [-0.1, -0.05) is 32.0 Å². The van der Waals surface area contributed by atoms with E-state index in [-0.39, 0.29) is 0 Å². The predicted molar refractivity (Wildman–Crippen MR) is 74.7 cm³/mol.